The van der Waals surface area contributed by atoms with Crippen LogP contribution in [0.4, 0.5) is 0 Å². The second kappa shape index (κ2) is 7.78. The van der Waals surface area contributed by atoms with Crippen LogP contribution in [-0.4, -0.2) is 23.8 Å². The predicted molar refractivity (Wildman–Crippen MR) is 77.6 cm³/mol. The van der Waals surface area contributed by atoms with E-state index in [-0.39, 0.29) is 17.7 Å². The summed E-state index contributed by atoms with van der Waals surface area (Å²) in [5.41, 5.74) is 5.47. The minimum Gasteiger partial charge on any atom is -0.427 e. The summed E-state index contributed by atoms with van der Waals surface area (Å²) < 4.78 is 4.89. The minimum atomic E-state index is -0.954. The molecule has 0 unspecified atom stereocenters. The van der Waals surface area contributed by atoms with Crippen LogP contribution in [0.2, 0.25) is 0 Å². The van der Waals surface area contributed by atoms with Crippen molar-refractivity contribution in [2.24, 2.45) is 11.7 Å². The minimum absolute atomic E-state index is 0.0847. The SMILES string of the molecule is CC(=O)Oc1cccc(C(=O)N[C@@H](C(N)=O)[C@@H](C)CC#N)c1. The molecule has 0 aromatic heterocycles. The quantitative estimate of drug-likeness (QED) is 0.593. The first-order valence-electron chi connectivity index (χ1n) is 6.60. The lowest BCUT2D eigenvalue weighted by Crippen LogP contribution is -2.48. The number of nitrogens with two attached hydrogens (primary N) is 1. The number of nitrogens with zero attached hydrogens (tertiary/aromatic N) is 1. The van der Waals surface area contributed by atoms with Gasteiger partial charge in [-0.25, -0.2) is 0 Å². The lowest BCUT2D eigenvalue weighted by atomic mass is 9.98. The van der Waals surface area contributed by atoms with Gasteiger partial charge in [-0.15, -0.1) is 0 Å². The molecule has 7 heteroatoms. The van der Waals surface area contributed by atoms with Gasteiger partial charge in [0.15, 0.2) is 0 Å². The Hall–Kier alpha value is -2.88. The van der Waals surface area contributed by atoms with Gasteiger partial charge in [-0.1, -0.05) is 13.0 Å². The molecular weight excluding hydrogens is 286 g/mol. The predicted octanol–water partition coefficient (Wildman–Crippen LogP) is 0.745. The topological polar surface area (TPSA) is 122 Å². The molecular formula is C15H17N3O4. The first-order valence-corrected chi connectivity index (χ1v) is 6.60. The molecule has 0 heterocycles. The van der Waals surface area contributed by atoms with Crippen LogP contribution in [0.25, 0.3) is 0 Å². The Morgan fingerprint density at radius 2 is 2.09 bits per heavy atom. The number of carbonyl (C=O) groups is 3. The molecule has 0 bridgehead atoms. The van der Waals surface area contributed by atoms with Crippen molar-refractivity contribution in [1.29, 1.82) is 5.26 Å². The summed E-state index contributed by atoms with van der Waals surface area (Å²) in [5, 5.41) is 11.2. The van der Waals surface area contributed by atoms with Gasteiger partial charge in [0.1, 0.15) is 11.8 Å². The Morgan fingerprint density at radius 1 is 1.41 bits per heavy atom. The molecule has 0 saturated carbocycles. The number of hydrogen-bond donors (Lipinski definition) is 2. The van der Waals surface area contributed by atoms with Crippen LogP contribution in [0.5, 0.6) is 5.75 Å². The third-order valence-corrected chi connectivity index (χ3v) is 2.93. The van der Waals surface area contributed by atoms with Crippen molar-refractivity contribution in [3.63, 3.8) is 0 Å². The third kappa shape index (κ3) is 4.90. The van der Waals surface area contributed by atoms with E-state index >= 15 is 0 Å². The van der Waals surface area contributed by atoms with Gasteiger partial charge in [0, 0.05) is 18.9 Å². The van der Waals surface area contributed by atoms with E-state index < -0.39 is 29.7 Å². The molecule has 0 saturated heterocycles. The maximum atomic E-state index is 12.2. The van der Waals surface area contributed by atoms with Gasteiger partial charge in [-0.2, -0.15) is 5.26 Å². The van der Waals surface area contributed by atoms with E-state index in [1.165, 1.54) is 25.1 Å². The Morgan fingerprint density at radius 3 is 2.64 bits per heavy atom. The van der Waals surface area contributed by atoms with Crippen molar-refractivity contribution < 1.29 is 19.1 Å². The van der Waals surface area contributed by atoms with E-state index in [1.807, 2.05) is 6.07 Å². The Balaban J connectivity index is 2.88. The first kappa shape index (κ1) is 17.2. The summed E-state index contributed by atoms with van der Waals surface area (Å²) >= 11 is 0. The van der Waals surface area contributed by atoms with Crippen molar-refractivity contribution in [1.82, 2.24) is 5.32 Å². The van der Waals surface area contributed by atoms with Gasteiger partial charge in [-0.3, -0.25) is 14.4 Å². The molecule has 0 radical (unpaired) electrons. The van der Waals surface area contributed by atoms with Gasteiger partial charge in [-0.05, 0) is 24.1 Å². The van der Waals surface area contributed by atoms with E-state index in [2.05, 4.69) is 5.32 Å². The second-order valence-electron chi connectivity index (χ2n) is 4.81. The van der Waals surface area contributed by atoms with Crippen molar-refractivity contribution in [2.45, 2.75) is 26.3 Å². The highest BCUT2D eigenvalue weighted by atomic mass is 16.5. The van der Waals surface area contributed by atoms with Crippen molar-refractivity contribution in [2.75, 3.05) is 0 Å². The van der Waals surface area contributed by atoms with Gasteiger partial charge < -0.3 is 15.8 Å². The second-order valence-corrected chi connectivity index (χ2v) is 4.81. The van der Waals surface area contributed by atoms with E-state index in [1.54, 1.807) is 13.0 Å². The summed E-state index contributed by atoms with van der Waals surface area (Å²) in [6, 6.07) is 6.94. The zero-order chi connectivity index (χ0) is 16.7. The normalized spacial score (nSPS) is 12.6. The van der Waals surface area contributed by atoms with Crippen LogP contribution < -0.4 is 15.8 Å². The molecule has 0 aliphatic rings. The molecule has 3 N–H and O–H groups in total. The van der Waals surface area contributed by atoms with E-state index in [0.717, 1.165) is 0 Å². The third-order valence-electron chi connectivity index (χ3n) is 2.93. The van der Waals surface area contributed by atoms with Crippen LogP contribution in [0.15, 0.2) is 24.3 Å². The molecule has 0 spiro atoms. The highest BCUT2D eigenvalue weighted by molar-refractivity contribution is 5.97. The van der Waals surface area contributed by atoms with Gasteiger partial charge in [0.2, 0.25) is 5.91 Å². The summed E-state index contributed by atoms with van der Waals surface area (Å²) in [7, 11) is 0. The van der Waals surface area contributed by atoms with Gasteiger partial charge in [0.05, 0.1) is 6.07 Å². The smallest absolute Gasteiger partial charge is 0.308 e. The van der Waals surface area contributed by atoms with Crippen LogP contribution in [0.3, 0.4) is 0 Å². The molecule has 1 rings (SSSR count). The number of primary amides is 1. The molecule has 7 nitrogen and oxygen atoms in total. The molecule has 0 fully saturated rings. The van der Waals surface area contributed by atoms with E-state index in [0.29, 0.717) is 0 Å². The summed E-state index contributed by atoms with van der Waals surface area (Å²) in [4.78, 5) is 34.5. The van der Waals surface area contributed by atoms with Crippen molar-refractivity contribution in [3.8, 4) is 11.8 Å². The van der Waals surface area contributed by atoms with Crippen LogP contribution in [0, 0.1) is 17.2 Å². The molecule has 0 aliphatic heterocycles. The van der Waals surface area contributed by atoms with Crippen molar-refractivity contribution >= 4 is 17.8 Å². The Labute approximate surface area is 128 Å². The lowest BCUT2D eigenvalue weighted by Gasteiger charge is -2.20. The number of hydrogen-bond acceptors (Lipinski definition) is 5. The number of nitrogens with one attached hydrogen (secondary N) is 1. The number of esters is 1. The van der Waals surface area contributed by atoms with E-state index in [9.17, 15) is 14.4 Å². The number of amides is 2. The van der Waals surface area contributed by atoms with Crippen molar-refractivity contribution in [3.05, 3.63) is 29.8 Å². The Bertz CT molecular complexity index is 621. The summed E-state index contributed by atoms with van der Waals surface area (Å²) in [6.07, 6.45) is 0.0847. The van der Waals surface area contributed by atoms with Crippen LogP contribution >= 0.6 is 0 Å². The number of ether oxygens (including phenoxy) is 1. The highest BCUT2D eigenvalue weighted by Crippen LogP contribution is 2.15. The van der Waals surface area contributed by atoms with Crippen LogP contribution in [-0.2, 0) is 9.59 Å². The molecule has 1 aromatic carbocycles. The molecule has 2 atom stereocenters. The maximum Gasteiger partial charge on any atom is 0.308 e. The maximum absolute atomic E-state index is 12.2. The lowest BCUT2D eigenvalue weighted by molar-refractivity contribution is -0.131. The fourth-order valence-electron chi connectivity index (χ4n) is 1.85. The Kier molecular flexibility index (Phi) is 6.08. The molecule has 116 valence electrons. The van der Waals surface area contributed by atoms with Crippen LogP contribution in [0.1, 0.15) is 30.6 Å². The monoisotopic (exact) mass is 303 g/mol. The number of carbonyl (C=O) groups excluding carboxylic acids is 3. The number of rotatable bonds is 6. The largest absolute Gasteiger partial charge is 0.427 e. The number of benzene rings is 1. The zero-order valence-corrected chi connectivity index (χ0v) is 12.3. The molecule has 0 aliphatic carbocycles. The molecule has 1 aromatic rings. The van der Waals surface area contributed by atoms with Gasteiger partial charge >= 0.3 is 5.97 Å². The fraction of sp³-hybridized carbons (Fsp3) is 0.333. The van der Waals surface area contributed by atoms with Gasteiger partial charge in [0.25, 0.3) is 5.91 Å². The van der Waals surface area contributed by atoms with E-state index in [4.69, 9.17) is 15.7 Å². The molecule has 22 heavy (non-hydrogen) atoms. The summed E-state index contributed by atoms with van der Waals surface area (Å²) in [5.74, 6) is -1.95. The zero-order valence-electron chi connectivity index (χ0n) is 12.3. The molecule has 2 amide bonds. The standard InChI is InChI=1S/C15H17N3O4/c1-9(6-7-16)13(14(17)20)18-15(21)11-4-3-5-12(8-11)22-10(2)19/h3-5,8-9,13H,6H2,1-2H3,(H2,17,20)(H,18,21)/t9-,13+/m0/s1. The fourth-order valence-corrected chi connectivity index (χ4v) is 1.85. The highest BCUT2D eigenvalue weighted by Gasteiger charge is 2.25. The first-order chi connectivity index (χ1) is 10.3. The summed E-state index contributed by atoms with van der Waals surface area (Å²) in [6.45, 7) is 2.90. The average Bonchev–Trinajstić information content (AvgIpc) is 2.43. The average molecular weight is 303 g/mol. The number of nitriles is 1.